The van der Waals surface area contributed by atoms with Gasteiger partial charge in [-0.2, -0.15) is 21.6 Å². The summed E-state index contributed by atoms with van der Waals surface area (Å²) < 4.78 is 96.6. The SMILES string of the molecule is CC(C)(C)C(=O)OCC1O[C@H](OC(=O)C(C)(C)C)C(OS(=O)(=O)C(F)(F)F)[C@@H](OC(=O)C(C)(C)C)[C@@H]1OC(=O)C(C)(C)C. The molecule has 1 aliphatic heterocycles. The number of hydrogen-bond donors (Lipinski definition) is 0. The first-order valence-corrected chi connectivity index (χ1v) is 14.8. The van der Waals surface area contributed by atoms with Crippen LogP contribution in [0.15, 0.2) is 0 Å². The first-order chi connectivity index (χ1) is 18.9. The summed E-state index contributed by atoms with van der Waals surface area (Å²) in [4.78, 5) is 51.4. The summed E-state index contributed by atoms with van der Waals surface area (Å²) in [7, 11) is -6.44. The largest absolute Gasteiger partial charge is 0.523 e. The van der Waals surface area contributed by atoms with E-state index in [1.54, 1.807) is 0 Å². The molecule has 0 saturated carbocycles. The maximum atomic E-state index is 13.5. The van der Waals surface area contributed by atoms with Crippen LogP contribution in [0, 0.1) is 21.7 Å². The van der Waals surface area contributed by atoms with E-state index < -0.39 is 98.5 Å². The monoisotopic (exact) mass is 648 g/mol. The highest BCUT2D eigenvalue weighted by Crippen LogP contribution is 2.37. The molecular weight excluding hydrogens is 605 g/mol. The summed E-state index contributed by atoms with van der Waals surface area (Å²) in [6, 6.07) is 0. The lowest BCUT2D eigenvalue weighted by Crippen LogP contribution is -2.64. The van der Waals surface area contributed by atoms with Gasteiger partial charge < -0.3 is 23.7 Å². The van der Waals surface area contributed by atoms with Crippen LogP contribution in [0.1, 0.15) is 83.1 Å². The molecule has 0 aromatic rings. The third kappa shape index (κ3) is 10.6. The number of rotatable bonds is 7. The Kier molecular flexibility index (Phi) is 11.5. The van der Waals surface area contributed by atoms with Crippen LogP contribution in [-0.2, 0) is 57.2 Å². The number of hydrogen-bond acceptors (Lipinski definition) is 12. The zero-order valence-corrected chi connectivity index (χ0v) is 27.4. The lowest BCUT2D eigenvalue weighted by atomic mass is 9.93. The standard InChI is InChI=1S/C27H43F3O12S/c1-23(2,3)19(31)37-13-14-15(39-20(32)24(4,5)6)16(40-21(33)25(7,8)9)17(42-43(35,36)27(28,29)30)18(38-14)41-22(34)26(10,11)12/h14-18H,13H2,1-12H3/t14?,15-,16+,17?,18-/m1/s1. The second-order valence-corrected chi connectivity index (χ2v) is 15.8. The first kappa shape index (κ1) is 38.6. The van der Waals surface area contributed by atoms with Crippen molar-refractivity contribution in [2.45, 2.75) is 119 Å². The molecule has 0 aliphatic carbocycles. The number of ether oxygens (including phenoxy) is 5. The van der Waals surface area contributed by atoms with Crippen molar-refractivity contribution in [2.75, 3.05) is 6.61 Å². The van der Waals surface area contributed by atoms with E-state index in [1.807, 2.05) is 0 Å². The van der Waals surface area contributed by atoms with Crippen LogP contribution < -0.4 is 0 Å². The predicted molar refractivity (Wildman–Crippen MR) is 143 cm³/mol. The van der Waals surface area contributed by atoms with E-state index in [0.29, 0.717) is 0 Å². The highest BCUT2D eigenvalue weighted by atomic mass is 32.2. The minimum atomic E-state index is -6.44. The van der Waals surface area contributed by atoms with E-state index in [0.717, 1.165) is 0 Å². The first-order valence-electron chi connectivity index (χ1n) is 13.3. The maximum absolute atomic E-state index is 13.5. The fourth-order valence-corrected chi connectivity index (χ4v) is 3.55. The van der Waals surface area contributed by atoms with Gasteiger partial charge in [0.15, 0.2) is 18.3 Å². The van der Waals surface area contributed by atoms with Crippen molar-refractivity contribution in [1.29, 1.82) is 0 Å². The summed E-state index contributed by atoms with van der Waals surface area (Å²) in [6.07, 6.45) is -10.5. The fourth-order valence-electron chi connectivity index (χ4n) is 2.94. The van der Waals surface area contributed by atoms with Crippen molar-refractivity contribution in [3.05, 3.63) is 0 Å². The molecule has 5 atom stereocenters. The topological polar surface area (TPSA) is 158 Å². The van der Waals surface area contributed by atoms with Gasteiger partial charge in [0, 0.05) is 0 Å². The molecule has 0 amide bonds. The Labute approximate surface area is 250 Å². The maximum Gasteiger partial charge on any atom is 0.523 e. The van der Waals surface area contributed by atoms with Crippen molar-refractivity contribution in [1.82, 2.24) is 0 Å². The smallest absolute Gasteiger partial charge is 0.462 e. The van der Waals surface area contributed by atoms with Gasteiger partial charge in [-0.05, 0) is 83.1 Å². The van der Waals surface area contributed by atoms with Gasteiger partial charge in [-0.1, -0.05) is 0 Å². The third-order valence-corrected chi connectivity index (χ3v) is 6.69. The number of esters is 4. The fraction of sp³-hybridized carbons (Fsp3) is 0.852. The average molecular weight is 649 g/mol. The van der Waals surface area contributed by atoms with E-state index in [1.165, 1.54) is 83.1 Å². The van der Waals surface area contributed by atoms with E-state index in [4.69, 9.17) is 23.7 Å². The highest BCUT2D eigenvalue weighted by molar-refractivity contribution is 7.87. The summed E-state index contributed by atoms with van der Waals surface area (Å²) in [6.45, 7) is 16.6. The van der Waals surface area contributed by atoms with Gasteiger partial charge in [0.1, 0.15) is 12.7 Å². The minimum absolute atomic E-state index is 0.732. The lowest BCUT2D eigenvalue weighted by Gasteiger charge is -2.45. The second kappa shape index (κ2) is 12.9. The molecule has 0 spiro atoms. The molecule has 1 fully saturated rings. The molecule has 43 heavy (non-hydrogen) atoms. The second-order valence-electron chi connectivity index (χ2n) is 14.2. The van der Waals surface area contributed by atoms with E-state index >= 15 is 0 Å². The molecule has 2 unspecified atom stereocenters. The van der Waals surface area contributed by atoms with E-state index in [2.05, 4.69) is 4.18 Å². The van der Waals surface area contributed by atoms with Crippen LogP contribution in [0.3, 0.4) is 0 Å². The zero-order chi connectivity index (χ0) is 34.1. The zero-order valence-electron chi connectivity index (χ0n) is 26.5. The van der Waals surface area contributed by atoms with Gasteiger partial charge in [0.2, 0.25) is 6.29 Å². The lowest BCUT2D eigenvalue weighted by molar-refractivity contribution is -0.298. The quantitative estimate of drug-likeness (QED) is 0.169. The molecule has 1 heterocycles. The van der Waals surface area contributed by atoms with Gasteiger partial charge >= 0.3 is 39.5 Å². The summed E-state index contributed by atoms with van der Waals surface area (Å²) in [5, 5.41) is 0. The molecule has 0 N–H and O–H groups in total. The Morgan fingerprint density at radius 2 is 0.977 bits per heavy atom. The van der Waals surface area contributed by atoms with Crippen LogP contribution in [0.25, 0.3) is 0 Å². The average Bonchev–Trinajstić information content (AvgIpc) is 2.77. The molecule has 0 bridgehead atoms. The van der Waals surface area contributed by atoms with E-state index in [9.17, 15) is 40.8 Å². The van der Waals surface area contributed by atoms with Gasteiger partial charge in [-0.3, -0.25) is 19.2 Å². The Hall–Kier alpha value is -2.46. The van der Waals surface area contributed by atoms with Crippen molar-refractivity contribution in [3.63, 3.8) is 0 Å². The predicted octanol–water partition coefficient (Wildman–Crippen LogP) is 4.04. The number of carbonyl (C=O) groups is 4. The van der Waals surface area contributed by atoms with Gasteiger partial charge in [0.05, 0.1) is 21.7 Å². The molecular formula is C27H43F3O12S. The molecule has 0 radical (unpaired) electrons. The highest BCUT2D eigenvalue weighted by Gasteiger charge is 2.59. The van der Waals surface area contributed by atoms with Crippen LogP contribution in [0.4, 0.5) is 13.2 Å². The van der Waals surface area contributed by atoms with Crippen LogP contribution in [0.2, 0.25) is 0 Å². The van der Waals surface area contributed by atoms with E-state index in [-0.39, 0.29) is 0 Å². The molecule has 12 nitrogen and oxygen atoms in total. The summed E-state index contributed by atoms with van der Waals surface area (Å²) in [5.74, 6) is -3.86. The van der Waals surface area contributed by atoms with Gasteiger partial charge in [-0.25, -0.2) is 4.18 Å². The molecule has 0 aromatic carbocycles. The Morgan fingerprint density at radius 1 is 0.605 bits per heavy atom. The van der Waals surface area contributed by atoms with Crippen molar-refractivity contribution >= 4 is 34.0 Å². The summed E-state index contributed by atoms with van der Waals surface area (Å²) >= 11 is 0. The summed E-state index contributed by atoms with van der Waals surface area (Å²) in [5.41, 5.74) is -10.8. The third-order valence-electron chi connectivity index (χ3n) is 5.65. The number of alkyl halides is 3. The minimum Gasteiger partial charge on any atom is -0.462 e. The van der Waals surface area contributed by atoms with Crippen LogP contribution in [-0.4, -0.2) is 75.1 Å². The molecule has 1 saturated heterocycles. The number of halogens is 3. The van der Waals surface area contributed by atoms with Crippen LogP contribution in [0.5, 0.6) is 0 Å². The molecule has 250 valence electrons. The number of carbonyl (C=O) groups excluding carboxylic acids is 4. The van der Waals surface area contributed by atoms with Crippen molar-refractivity contribution < 1.29 is 68.6 Å². The Morgan fingerprint density at radius 3 is 1.35 bits per heavy atom. The molecule has 1 aliphatic rings. The van der Waals surface area contributed by atoms with Gasteiger partial charge in [0.25, 0.3) is 0 Å². The van der Waals surface area contributed by atoms with Crippen molar-refractivity contribution in [3.8, 4) is 0 Å². The van der Waals surface area contributed by atoms with Crippen molar-refractivity contribution in [2.24, 2.45) is 21.7 Å². The Bertz CT molecular complexity index is 1150. The molecule has 16 heteroatoms. The van der Waals surface area contributed by atoms with Crippen LogP contribution >= 0.6 is 0 Å². The molecule has 0 aromatic heterocycles. The van der Waals surface area contributed by atoms with Gasteiger partial charge in [-0.15, -0.1) is 0 Å². The normalized spacial score (nSPS) is 24.1. The molecule has 1 rings (SSSR count). The Balaban J connectivity index is 3.91.